The molecule has 5 heteroatoms. The second-order valence-corrected chi connectivity index (χ2v) is 7.24. The van der Waals surface area contributed by atoms with Crippen LogP contribution in [0.15, 0.2) is 21.5 Å². The van der Waals surface area contributed by atoms with E-state index in [0.717, 1.165) is 20.5 Å². The molecular weight excluding hydrogens is 350 g/mol. The quantitative estimate of drug-likeness (QED) is 0.714. The highest BCUT2D eigenvalue weighted by Crippen LogP contribution is 2.28. The van der Waals surface area contributed by atoms with Crippen LogP contribution in [-0.2, 0) is 4.79 Å². The summed E-state index contributed by atoms with van der Waals surface area (Å²) < 4.78 is 1.09. The van der Waals surface area contributed by atoms with Gasteiger partial charge in [0.25, 0.3) is 0 Å². The zero-order valence-electron chi connectivity index (χ0n) is 13.1. The third kappa shape index (κ3) is 5.64. The fourth-order valence-corrected chi connectivity index (χ4v) is 3.26. The summed E-state index contributed by atoms with van der Waals surface area (Å²) in [5.41, 5.74) is 1.53. The molecule has 0 aromatic heterocycles. The summed E-state index contributed by atoms with van der Waals surface area (Å²) in [6, 6.07) is 4.16. The van der Waals surface area contributed by atoms with Crippen LogP contribution in [0.1, 0.15) is 37.8 Å². The summed E-state index contributed by atoms with van der Waals surface area (Å²) >= 11 is 5.04. The lowest BCUT2D eigenvalue weighted by Crippen LogP contribution is -2.42. The lowest BCUT2D eigenvalue weighted by Gasteiger charge is -2.25. The molecule has 1 aromatic rings. The van der Waals surface area contributed by atoms with E-state index >= 15 is 0 Å². The first-order valence-electron chi connectivity index (χ1n) is 7.20. The van der Waals surface area contributed by atoms with Crippen molar-refractivity contribution in [2.45, 2.75) is 51.0 Å². The second-order valence-electron chi connectivity index (χ2n) is 5.36. The average Bonchev–Trinajstić information content (AvgIpc) is 2.47. The Kier molecular flexibility index (Phi) is 7.24. The van der Waals surface area contributed by atoms with Gasteiger partial charge in [0.05, 0.1) is 11.4 Å². The van der Waals surface area contributed by atoms with Gasteiger partial charge in [-0.3, -0.25) is 4.79 Å². The Balaban J connectivity index is 2.52. The van der Waals surface area contributed by atoms with Crippen molar-refractivity contribution in [1.29, 1.82) is 0 Å². The minimum Gasteiger partial charge on any atom is -0.388 e. The first-order valence-corrected chi connectivity index (χ1v) is 8.97. The predicted octanol–water partition coefficient (Wildman–Crippen LogP) is 3.83. The summed E-state index contributed by atoms with van der Waals surface area (Å²) in [6.07, 6.45) is 1.28. The molecule has 118 valence electrons. The molecule has 1 rings (SSSR count). The maximum atomic E-state index is 11.9. The minimum absolute atomic E-state index is 0.0414. The largest absolute Gasteiger partial charge is 0.388 e. The van der Waals surface area contributed by atoms with Crippen LogP contribution in [0.4, 0.5) is 0 Å². The topological polar surface area (TPSA) is 49.3 Å². The maximum absolute atomic E-state index is 11.9. The average molecular weight is 374 g/mol. The molecule has 21 heavy (non-hydrogen) atoms. The normalized spacial score (nSPS) is 11.5. The monoisotopic (exact) mass is 373 g/mol. The van der Waals surface area contributed by atoms with E-state index in [-0.39, 0.29) is 5.91 Å². The molecule has 0 atom stereocenters. The lowest BCUT2D eigenvalue weighted by atomic mass is 9.98. The van der Waals surface area contributed by atoms with E-state index in [9.17, 15) is 9.90 Å². The molecular formula is C16H24BrNO2S. The number of halogens is 1. The lowest BCUT2D eigenvalue weighted by molar-refractivity contribution is -0.119. The number of hydrogen-bond acceptors (Lipinski definition) is 3. The van der Waals surface area contributed by atoms with E-state index in [4.69, 9.17) is 0 Å². The molecule has 0 bridgehead atoms. The highest BCUT2D eigenvalue weighted by Gasteiger charge is 2.22. The zero-order chi connectivity index (χ0) is 16.0. The number of thioether (sulfide) groups is 1. The molecule has 0 aliphatic heterocycles. The van der Waals surface area contributed by atoms with E-state index in [1.165, 1.54) is 11.8 Å². The fraction of sp³-hybridized carbons (Fsp3) is 0.562. The van der Waals surface area contributed by atoms with Gasteiger partial charge in [0, 0.05) is 15.9 Å². The third-order valence-electron chi connectivity index (χ3n) is 3.75. The number of benzene rings is 1. The molecule has 2 N–H and O–H groups in total. The van der Waals surface area contributed by atoms with Crippen LogP contribution in [-0.4, -0.2) is 28.9 Å². The Hall–Kier alpha value is -0.520. The summed E-state index contributed by atoms with van der Waals surface area (Å²) in [4.78, 5) is 13.0. The van der Waals surface area contributed by atoms with Crippen molar-refractivity contribution in [2.75, 3.05) is 12.3 Å². The molecule has 0 spiro atoms. The number of hydrogen-bond donors (Lipinski definition) is 2. The number of carbonyl (C=O) groups is 1. The van der Waals surface area contributed by atoms with Gasteiger partial charge >= 0.3 is 0 Å². The Morgan fingerprint density at radius 2 is 1.90 bits per heavy atom. The van der Waals surface area contributed by atoms with Crippen molar-refractivity contribution < 1.29 is 9.90 Å². The fourth-order valence-electron chi connectivity index (χ4n) is 1.87. The Labute approximate surface area is 140 Å². The van der Waals surface area contributed by atoms with Gasteiger partial charge in [-0.1, -0.05) is 29.8 Å². The minimum atomic E-state index is -0.787. The molecule has 0 fully saturated rings. The molecule has 0 aliphatic rings. The molecule has 3 nitrogen and oxygen atoms in total. The van der Waals surface area contributed by atoms with Crippen molar-refractivity contribution in [3.8, 4) is 0 Å². The van der Waals surface area contributed by atoms with Gasteiger partial charge in [0.1, 0.15) is 0 Å². The van der Waals surface area contributed by atoms with Crippen molar-refractivity contribution >= 4 is 33.6 Å². The van der Waals surface area contributed by atoms with Crippen LogP contribution in [0.3, 0.4) is 0 Å². The van der Waals surface area contributed by atoms with Gasteiger partial charge in [0.2, 0.25) is 5.91 Å². The van der Waals surface area contributed by atoms with Gasteiger partial charge in [0.15, 0.2) is 0 Å². The van der Waals surface area contributed by atoms with Crippen molar-refractivity contribution in [1.82, 2.24) is 5.32 Å². The molecule has 0 radical (unpaired) electrons. The summed E-state index contributed by atoms with van der Waals surface area (Å²) in [6.45, 7) is 8.25. The smallest absolute Gasteiger partial charge is 0.230 e. The van der Waals surface area contributed by atoms with Crippen molar-refractivity contribution in [3.63, 3.8) is 0 Å². The van der Waals surface area contributed by atoms with Crippen LogP contribution in [0.2, 0.25) is 0 Å². The number of aliphatic hydroxyl groups is 1. The van der Waals surface area contributed by atoms with Crippen LogP contribution < -0.4 is 5.32 Å². The van der Waals surface area contributed by atoms with E-state index in [0.29, 0.717) is 25.1 Å². The van der Waals surface area contributed by atoms with Crippen LogP contribution in [0.25, 0.3) is 0 Å². The summed E-state index contributed by atoms with van der Waals surface area (Å²) in [5, 5.41) is 13.0. The van der Waals surface area contributed by atoms with Crippen LogP contribution in [0.5, 0.6) is 0 Å². The number of aryl methyl sites for hydroxylation is 2. The SMILES string of the molecule is CCC(O)(CC)CNC(=O)CSc1cc(C)c(Br)cc1C. The van der Waals surface area contributed by atoms with E-state index < -0.39 is 5.60 Å². The maximum Gasteiger partial charge on any atom is 0.230 e. The standard InChI is InChI=1S/C16H24BrNO2S/c1-5-16(20,6-2)10-18-15(19)9-21-14-8-11(3)13(17)7-12(14)4/h7-8,20H,5-6,9-10H2,1-4H3,(H,18,19). The van der Waals surface area contributed by atoms with Crippen molar-refractivity contribution in [3.05, 3.63) is 27.7 Å². The van der Waals surface area contributed by atoms with Gasteiger partial charge in [-0.05, 0) is 49.9 Å². The highest BCUT2D eigenvalue weighted by molar-refractivity contribution is 9.10. The Morgan fingerprint density at radius 1 is 1.29 bits per heavy atom. The van der Waals surface area contributed by atoms with Crippen molar-refractivity contribution in [2.24, 2.45) is 0 Å². The first kappa shape index (κ1) is 18.5. The van der Waals surface area contributed by atoms with E-state index in [1.807, 2.05) is 27.7 Å². The molecule has 1 amide bonds. The second kappa shape index (κ2) is 8.20. The van der Waals surface area contributed by atoms with Gasteiger partial charge in [-0.15, -0.1) is 11.8 Å². The van der Waals surface area contributed by atoms with Gasteiger partial charge in [-0.25, -0.2) is 0 Å². The zero-order valence-corrected chi connectivity index (χ0v) is 15.5. The summed E-state index contributed by atoms with van der Waals surface area (Å²) in [7, 11) is 0. The Bertz CT molecular complexity index is 501. The molecule has 0 unspecified atom stereocenters. The van der Waals surface area contributed by atoms with E-state index in [1.54, 1.807) is 0 Å². The number of amides is 1. The number of carbonyl (C=O) groups excluding carboxylic acids is 1. The number of rotatable bonds is 7. The molecule has 0 saturated carbocycles. The molecule has 1 aromatic carbocycles. The third-order valence-corrected chi connectivity index (χ3v) is 5.76. The van der Waals surface area contributed by atoms with E-state index in [2.05, 4.69) is 33.4 Å². The van der Waals surface area contributed by atoms with Gasteiger partial charge < -0.3 is 10.4 Å². The predicted molar refractivity (Wildman–Crippen MR) is 92.9 cm³/mol. The number of nitrogens with one attached hydrogen (secondary N) is 1. The van der Waals surface area contributed by atoms with Crippen LogP contribution >= 0.6 is 27.7 Å². The Morgan fingerprint density at radius 3 is 2.48 bits per heavy atom. The molecule has 0 aliphatic carbocycles. The summed E-state index contributed by atoms with van der Waals surface area (Å²) in [5.74, 6) is 0.325. The molecule has 0 saturated heterocycles. The first-order chi connectivity index (χ1) is 9.81. The highest BCUT2D eigenvalue weighted by atomic mass is 79.9. The van der Waals surface area contributed by atoms with Crippen LogP contribution in [0, 0.1) is 13.8 Å². The van der Waals surface area contributed by atoms with Gasteiger partial charge in [-0.2, -0.15) is 0 Å². The molecule has 0 heterocycles.